The van der Waals surface area contributed by atoms with Crippen LogP contribution in [0.1, 0.15) is 11.1 Å². The summed E-state index contributed by atoms with van der Waals surface area (Å²) in [4.78, 5) is 0. The summed E-state index contributed by atoms with van der Waals surface area (Å²) in [5, 5.41) is 3.39. The van der Waals surface area contributed by atoms with Crippen molar-refractivity contribution >= 4 is 37.5 Å². The fraction of sp³-hybridized carbons (Fsp3) is 0.250. The molecular formula is C16H14Br2FNO. The molecule has 0 aromatic heterocycles. The second kappa shape index (κ2) is 5.97. The highest BCUT2D eigenvalue weighted by Crippen LogP contribution is 2.33. The van der Waals surface area contributed by atoms with Crippen LogP contribution in [-0.4, -0.2) is 12.6 Å². The van der Waals surface area contributed by atoms with Crippen LogP contribution in [0.2, 0.25) is 0 Å². The van der Waals surface area contributed by atoms with Crippen LogP contribution < -0.4 is 10.1 Å². The molecule has 0 spiro atoms. The lowest BCUT2D eigenvalue weighted by Gasteiger charge is -2.15. The number of ether oxygens (including phenoxy) is 1. The van der Waals surface area contributed by atoms with Crippen LogP contribution in [0, 0.1) is 12.7 Å². The molecule has 1 aliphatic heterocycles. The first-order chi connectivity index (χ1) is 10.0. The third-order valence-electron chi connectivity index (χ3n) is 3.46. The average molecular weight is 415 g/mol. The predicted octanol–water partition coefficient (Wildman–Crippen LogP) is 5.07. The summed E-state index contributed by atoms with van der Waals surface area (Å²) in [5.74, 6) is 0.570. The van der Waals surface area contributed by atoms with Crippen LogP contribution in [0.4, 0.5) is 10.1 Å². The van der Waals surface area contributed by atoms with Crippen molar-refractivity contribution in [2.45, 2.75) is 19.4 Å². The molecule has 0 saturated heterocycles. The molecule has 0 aliphatic carbocycles. The minimum absolute atomic E-state index is 0.0157. The lowest BCUT2D eigenvalue weighted by Crippen LogP contribution is -2.24. The molecule has 2 aromatic rings. The Labute approximate surface area is 140 Å². The van der Waals surface area contributed by atoms with Crippen LogP contribution in [0.3, 0.4) is 0 Å². The van der Waals surface area contributed by atoms with Gasteiger partial charge in [-0.3, -0.25) is 0 Å². The Morgan fingerprint density at radius 1 is 1.24 bits per heavy atom. The van der Waals surface area contributed by atoms with Gasteiger partial charge in [0.1, 0.15) is 17.7 Å². The van der Waals surface area contributed by atoms with Gasteiger partial charge in [-0.05, 0) is 74.7 Å². The molecule has 1 N–H and O–H groups in total. The molecule has 110 valence electrons. The summed E-state index contributed by atoms with van der Waals surface area (Å²) in [6.07, 6.45) is 0.739. The SMILES string of the molecule is Cc1cc(Br)c(NCC2Cc3cc(F)ccc3O2)c(Br)c1. The Morgan fingerprint density at radius 3 is 2.67 bits per heavy atom. The van der Waals surface area contributed by atoms with Gasteiger partial charge in [0.05, 0.1) is 12.2 Å². The van der Waals surface area contributed by atoms with E-state index in [1.54, 1.807) is 12.1 Å². The number of hydrogen-bond donors (Lipinski definition) is 1. The number of aryl methyl sites for hydroxylation is 1. The molecule has 2 nitrogen and oxygen atoms in total. The summed E-state index contributed by atoms with van der Waals surface area (Å²) in [5.41, 5.74) is 3.12. The van der Waals surface area contributed by atoms with Crippen molar-refractivity contribution in [1.82, 2.24) is 0 Å². The molecular weight excluding hydrogens is 401 g/mol. The van der Waals surface area contributed by atoms with Crippen LogP contribution in [0.5, 0.6) is 5.75 Å². The van der Waals surface area contributed by atoms with Crippen molar-refractivity contribution in [1.29, 1.82) is 0 Å². The number of rotatable bonds is 3. The summed E-state index contributed by atoms with van der Waals surface area (Å²) in [6, 6.07) is 8.80. The zero-order chi connectivity index (χ0) is 15.0. The van der Waals surface area contributed by atoms with Crippen molar-refractivity contribution in [3.8, 4) is 5.75 Å². The molecule has 0 saturated carbocycles. The minimum atomic E-state index is -0.213. The van der Waals surface area contributed by atoms with Crippen molar-refractivity contribution in [3.05, 3.63) is 56.2 Å². The van der Waals surface area contributed by atoms with E-state index in [9.17, 15) is 4.39 Å². The van der Waals surface area contributed by atoms with Gasteiger partial charge in [0.25, 0.3) is 0 Å². The number of fused-ring (bicyclic) bond motifs is 1. The third-order valence-corrected chi connectivity index (χ3v) is 4.71. The molecule has 1 heterocycles. The molecule has 0 radical (unpaired) electrons. The third kappa shape index (κ3) is 3.24. The number of halogens is 3. The summed E-state index contributed by atoms with van der Waals surface area (Å²) >= 11 is 7.12. The Bertz CT molecular complexity index is 667. The maximum Gasteiger partial charge on any atom is 0.123 e. The van der Waals surface area contributed by atoms with Gasteiger partial charge in [0, 0.05) is 20.9 Å². The van der Waals surface area contributed by atoms with Gasteiger partial charge in [-0.1, -0.05) is 0 Å². The minimum Gasteiger partial charge on any atom is -0.488 e. The zero-order valence-electron chi connectivity index (χ0n) is 11.4. The van der Waals surface area contributed by atoms with Crippen LogP contribution in [0.15, 0.2) is 39.3 Å². The van der Waals surface area contributed by atoms with Crippen LogP contribution >= 0.6 is 31.9 Å². The first kappa shape index (κ1) is 14.9. The van der Waals surface area contributed by atoms with Crippen molar-refractivity contribution < 1.29 is 9.13 Å². The predicted molar refractivity (Wildman–Crippen MR) is 89.6 cm³/mol. The van der Waals surface area contributed by atoms with E-state index in [1.165, 1.54) is 11.6 Å². The van der Waals surface area contributed by atoms with Gasteiger partial charge in [-0.15, -0.1) is 0 Å². The maximum absolute atomic E-state index is 13.2. The smallest absolute Gasteiger partial charge is 0.123 e. The van der Waals surface area contributed by atoms with Gasteiger partial charge in [0.15, 0.2) is 0 Å². The summed E-state index contributed by atoms with van der Waals surface area (Å²) in [6.45, 7) is 2.71. The first-order valence-corrected chi connectivity index (χ1v) is 8.26. The van der Waals surface area contributed by atoms with Gasteiger partial charge in [0.2, 0.25) is 0 Å². The standard InChI is InChI=1S/C16H14Br2FNO/c1-9-4-13(17)16(14(18)5-9)20-8-12-7-10-6-11(19)2-3-15(10)21-12/h2-6,12,20H,7-8H2,1H3. The number of benzene rings is 2. The quantitative estimate of drug-likeness (QED) is 0.756. The Balaban J connectivity index is 1.68. The van der Waals surface area contributed by atoms with Gasteiger partial charge in [-0.2, -0.15) is 0 Å². The molecule has 1 aliphatic rings. The molecule has 5 heteroatoms. The lowest BCUT2D eigenvalue weighted by atomic mass is 10.1. The van der Waals surface area contributed by atoms with Gasteiger partial charge in [-0.25, -0.2) is 4.39 Å². The van der Waals surface area contributed by atoms with E-state index in [1.807, 2.05) is 6.92 Å². The van der Waals surface area contributed by atoms with Gasteiger partial charge >= 0.3 is 0 Å². The molecule has 1 atom stereocenters. The van der Waals surface area contributed by atoms with E-state index in [4.69, 9.17) is 4.74 Å². The molecule has 0 bridgehead atoms. The van der Waals surface area contributed by atoms with E-state index in [0.717, 1.165) is 32.4 Å². The number of anilines is 1. The van der Waals surface area contributed by atoms with Crippen molar-refractivity contribution in [2.24, 2.45) is 0 Å². The molecule has 3 rings (SSSR count). The lowest BCUT2D eigenvalue weighted by molar-refractivity contribution is 0.246. The molecule has 1 unspecified atom stereocenters. The summed E-state index contributed by atoms with van der Waals surface area (Å²) < 4.78 is 21.0. The largest absolute Gasteiger partial charge is 0.488 e. The van der Waals surface area contributed by atoms with Crippen LogP contribution in [-0.2, 0) is 6.42 Å². The number of nitrogens with one attached hydrogen (secondary N) is 1. The first-order valence-electron chi connectivity index (χ1n) is 6.67. The highest BCUT2D eigenvalue weighted by molar-refractivity contribution is 9.11. The highest BCUT2D eigenvalue weighted by atomic mass is 79.9. The van der Waals surface area contributed by atoms with E-state index >= 15 is 0 Å². The summed E-state index contributed by atoms with van der Waals surface area (Å²) in [7, 11) is 0. The second-order valence-electron chi connectivity index (χ2n) is 5.18. The van der Waals surface area contributed by atoms with E-state index in [-0.39, 0.29) is 11.9 Å². The monoisotopic (exact) mass is 413 g/mol. The Hall–Kier alpha value is -1.07. The topological polar surface area (TPSA) is 21.3 Å². The second-order valence-corrected chi connectivity index (χ2v) is 6.89. The Kier molecular flexibility index (Phi) is 4.22. The average Bonchev–Trinajstić information content (AvgIpc) is 2.79. The van der Waals surface area contributed by atoms with Gasteiger partial charge < -0.3 is 10.1 Å². The van der Waals surface area contributed by atoms with Crippen LogP contribution in [0.25, 0.3) is 0 Å². The maximum atomic E-state index is 13.2. The number of hydrogen-bond acceptors (Lipinski definition) is 2. The molecule has 0 fully saturated rings. The zero-order valence-corrected chi connectivity index (χ0v) is 14.6. The molecule has 2 aromatic carbocycles. The highest BCUT2D eigenvalue weighted by Gasteiger charge is 2.23. The van der Waals surface area contributed by atoms with E-state index < -0.39 is 0 Å². The molecule has 21 heavy (non-hydrogen) atoms. The van der Waals surface area contributed by atoms with E-state index in [0.29, 0.717) is 6.54 Å². The normalized spacial score (nSPS) is 16.5. The fourth-order valence-corrected chi connectivity index (χ4v) is 4.18. The fourth-order valence-electron chi connectivity index (χ4n) is 2.49. The van der Waals surface area contributed by atoms with E-state index in [2.05, 4.69) is 49.3 Å². The molecule has 0 amide bonds. The Morgan fingerprint density at radius 2 is 1.95 bits per heavy atom. The van der Waals surface area contributed by atoms with Crippen molar-refractivity contribution in [3.63, 3.8) is 0 Å². The van der Waals surface area contributed by atoms with Crippen molar-refractivity contribution in [2.75, 3.05) is 11.9 Å².